The van der Waals surface area contributed by atoms with Crippen LogP contribution in [0.25, 0.3) is 22.6 Å². The van der Waals surface area contributed by atoms with Crippen molar-refractivity contribution >= 4 is 34.2 Å². The molecule has 1 amide bonds. The van der Waals surface area contributed by atoms with Gasteiger partial charge in [0.1, 0.15) is 11.3 Å². The lowest BCUT2D eigenvalue weighted by atomic mass is 10.1. The first-order valence-corrected chi connectivity index (χ1v) is 8.61. The fraction of sp³-hybridized carbons (Fsp3) is 0.118. The minimum Gasteiger partial charge on any atom is -0.493 e. The van der Waals surface area contributed by atoms with E-state index in [9.17, 15) is 9.59 Å². The van der Waals surface area contributed by atoms with Gasteiger partial charge in [-0.25, -0.2) is 9.78 Å². The third kappa shape index (κ3) is 3.17. The predicted octanol–water partition coefficient (Wildman–Crippen LogP) is 2.87. The molecule has 0 fully saturated rings. The van der Waals surface area contributed by atoms with Gasteiger partial charge in [-0.3, -0.25) is 10.1 Å². The van der Waals surface area contributed by atoms with Crippen LogP contribution in [0.5, 0.6) is 5.75 Å². The summed E-state index contributed by atoms with van der Waals surface area (Å²) in [6.45, 7) is 1.85. The monoisotopic (exact) mass is 384 g/mol. The average molecular weight is 384 g/mol. The molecule has 0 aliphatic heterocycles. The van der Waals surface area contributed by atoms with Crippen molar-refractivity contribution < 1.29 is 18.4 Å². The maximum Gasteiger partial charge on any atom is 0.349 e. The van der Waals surface area contributed by atoms with E-state index in [1.54, 1.807) is 23.6 Å². The quantitative estimate of drug-likeness (QED) is 0.533. The number of hydrogen-bond donors (Lipinski definition) is 1. The Morgan fingerprint density at radius 2 is 2.11 bits per heavy atom. The fourth-order valence-electron chi connectivity index (χ4n) is 2.44. The molecule has 0 aliphatic rings. The summed E-state index contributed by atoms with van der Waals surface area (Å²) in [7, 11) is 1.46. The van der Waals surface area contributed by atoms with Crippen LogP contribution in [-0.2, 0) is 0 Å². The zero-order chi connectivity index (χ0) is 19.0. The van der Waals surface area contributed by atoms with Crippen LogP contribution in [0.3, 0.4) is 0 Å². The number of methoxy groups -OCH3 is 1. The number of benzene rings is 1. The van der Waals surface area contributed by atoms with Crippen molar-refractivity contribution in [2.45, 2.75) is 6.92 Å². The first-order chi connectivity index (χ1) is 13.0. The fourth-order valence-corrected chi connectivity index (χ4v) is 3.03. The smallest absolute Gasteiger partial charge is 0.349 e. The molecule has 1 aromatic carbocycles. The second-order valence-electron chi connectivity index (χ2n) is 5.44. The van der Waals surface area contributed by atoms with Crippen LogP contribution in [0.15, 0.2) is 43.3 Å². The lowest BCUT2D eigenvalue weighted by Crippen LogP contribution is -2.20. The van der Waals surface area contributed by atoms with Crippen molar-refractivity contribution in [3.8, 4) is 17.3 Å². The van der Waals surface area contributed by atoms with Gasteiger partial charge in [0.15, 0.2) is 11.3 Å². The van der Waals surface area contributed by atoms with E-state index in [0.717, 1.165) is 5.01 Å². The zero-order valence-corrected chi connectivity index (χ0v) is 15.0. The number of carbonyl (C=O) groups excluding carboxylic acids is 1. The summed E-state index contributed by atoms with van der Waals surface area (Å²) in [6, 6.07) is 6.35. The van der Waals surface area contributed by atoms with Gasteiger partial charge < -0.3 is 13.6 Å². The molecule has 27 heavy (non-hydrogen) atoms. The van der Waals surface area contributed by atoms with Gasteiger partial charge in [0, 0.05) is 10.8 Å². The molecule has 3 aromatic heterocycles. The number of fused-ring (bicyclic) bond motifs is 1. The second kappa shape index (κ2) is 6.65. The van der Waals surface area contributed by atoms with E-state index in [2.05, 4.69) is 20.5 Å². The Morgan fingerprint density at radius 3 is 2.85 bits per heavy atom. The summed E-state index contributed by atoms with van der Waals surface area (Å²) in [5, 5.41) is 13.1. The third-order valence-electron chi connectivity index (χ3n) is 3.67. The van der Waals surface area contributed by atoms with Crippen LogP contribution < -0.4 is 15.7 Å². The third-order valence-corrected chi connectivity index (χ3v) is 4.45. The van der Waals surface area contributed by atoms with Gasteiger partial charge in [0.25, 0.3) is 11.8 Å². The SMILES string of the molecule is COc1cccc2cc(C(=O)Nc3nnc(-c4csc(C)n4)o3)c(=O)oc12. The Bertz CT molecular complexity index is 1210. The second-order valence-corrected chi connectivity index (χ2v) is 6.51. The van der Waals surface area contributed by atoms with E-state index in [-0.39, 0.29) is 23.1 Å². The molecule has 4 aromatic rings. The highest BCUT2D eigenvalue weighted by atomic mass is 32.1. The van der Waals surface area contributed by atoms with Crippen molar-refractivity contribution in [3.63, 3.8) is 0 Å². The minimum atomic E-state index is -0.806. The topological polar surface area (TPSA) is 120 Å². The molecule has 10 heteroatoms. The van der Waals surface area contributed by atoms with Gasteiger partial charge in [-0.05, 0) is 19.1 Å². The lowest BCUT2D eigenvalue weighted by Gasteiger charge is -2.05. The molecule has 0 radical (unpaired) electrons. The molecule has 0 spiro atoms. The van der Waals surface area contributed by atoms with E-state index in [1.807, 2.05) is 6.92 Å². The largest absolute Gasteiger partial charge is 0.493 e. The lowest BCUT2D eigenvalue weighted by molar-refractivity contribution is 0.102. The number of amides is 1. The Labute approximate surface area is 155 Å². The average Bonchev–Trinajstić information content (AvgIpc) is 3.29. The van der Waals surface area contributed by atoms with Crippen LogP contribution in [0.2, 0.25) is 0 Å². The number of hydrogen-bond acceptors (Lipinski definition) is 9. The Balaban J connectivity index is 1.63. The van der Waals surface area contributed by atoms with Crippen LogP contribution in [0, 0.1) is 6.92 Å². The summed E-state index contributed by atoms with van der Waals surface area (Å²) >= 11 is 1.44. The molecular weight excluding hydrogens is 372 g/mol. The van der Waals surface area contributed by atoms with Crippen LogP contribution >= 0.6 is 11.3 Å². The molecule has 0 saturated carbocycles. The number of anilines is 1. The molecule has 0 atom stereocenters. The molecule has 0 unspecified atom stereocenters. The molecule has 9 nitrogen and oxygen atoms in total. The van der Waals surface area contributed by atoms with Gasteiger partial charge in [0.2, 0.25) is 0 Å². The van der Waals surface area contributed by atoms with Gasteiger partial charge >= 0.3 is 11.6 Å². The van der Waals surface area contributed by atoms with E-state index >= 15 is 0 Å². The summed E-state index contributed by atoms with van der Waals surface area (Å²) < 4.78 is 15.8. The normalized spacial score (nSPS) is 10.9. The predicted molar refractivity (Wildman–Crippen MR) is 97.1 cm³/mol. The first kappa shape index (κ1) is 16.9. The number of thiazole rings is 1. The Hall–Kier alpha value is -3.53. The van der Waals surface area contributed by atoms with Crippen molar-refractivity contribution in [3.05, 3.63) is 50.6 Å². The summed E-state index contributed by atoms with van der Waals surface area (Å²) in [5.41, 5.74) is -0.220. The van der Waals surface area contributed by atoms with Crippen molar-refractivity contribution in [2.24, 2.45) is 0 Å². The van der Waals surface area contributed by atoms with E-state index in [1.165, 1.54) is 24.5 Å². The highest BCUT2D eigenvalue weighted by molar-refractivity contribution is 7.09. The highest BCUT2D eigenvalue weighted by Gasteiger charge is 2.19. The molecule has 0 saturated heterocycles. The summed E-state index contributed by atoms with van der Waals surface area (Å²) in [6.07, 6.45) is 0. The highest BCUT2D eigenvalue weighted by Crippen LogP contribution is 2.25. The first-order valence-electron chi connectivity index (χ1n) is 7.73. The zero-order valence-electron chi connectivity index (χ0n) is 14.2. The van der Waals surface area contributed by atoms with Crippen molar-refractivity contribution in [1.82, 2.24) is 15.2 Å². The van der Waals surface area contributed by atoms with E-state index in [4.69, 9.17) is 13.6 Å². The molecule has 0 aliphatic carbocycles. The number of nitrogens with zero attached hydrogens (tertiary/aromatic N) is 3. The van der Waals surface area contributed by atoms with Crippen LogP contribution in [-0.4, -0.2) is 28.2 Å². The number of para-hydroxylation sites is 1. The Kier molecular flexibility index (Phi) is 4.16. The van der Waals surface area contributed by atoms with Crippen molar-refractivity contribution in [1.29, 1.82) is 0 Å². The standard InChI is InChI=1S/C17H12N4O5S/c1-8-18-11(7-27-8)15-20-21-17(26-15)19-14(22)10-6-9-4-3-5-12(24-2)13(9)25-16(10)23/h3-7H,1-2H3,(H,19,21,22). The number of carbonyl (C=O) groups is 1. The van der Waals surface area contributed by atoms with E-state index < -0.39 is 11.5 Å². The van der Waals surface area contributed by atoms with Crippen LogP contribution in [0.1, 0.15) is 15.4 Å². The maximum absolute atomic E-state index is 12.4. The molecule has 136 valence electrons. The Morgan fingerprint density at radius 1 is 1.26 bits per heavy atom. The molecule has 4 rings (SSSR count). The molecule has 3 heterocycles. The number of rotatable bonds is 4. The number of nitrogens with one attached hydrogen (secondary N) is 1. The molecular formula is C17H12N4O5S. The van der Waals surface area contributed by atoms with Gasteiger partial charge in [-0.1, -0.05) is 17.2 Å². The maximum atomic E-state index is 12.4. The molecule has 1 N–H and O–H groups in total. The number of aryl methyl sites for hydroxylation is 1. The molecule has 0 bridgehead atoms. The van der Waals surface area contributed by atoms with Crippen LogP contribution in [0.4, 0.5) is 6.01 Å². The van der Waals surface area contributed by atoms with Gasteiger partial charge in [-0.15, -0.1) is 16.4 Å². The summed E-state index contributed by atoms with van der Waals surface area (Å²) in [5.74, 6) is -0.153. The van der Waals surface area contributed by atoms with Gasteiger partial charge in [-0.2, -0.15) is 0 Å². The van der Waals surface area contributed by atoms with E-state index in [0.29, 0.717) is 16.8 Å². The minimum absolute atomic E-state index is 0.147. The van der Waals surface area contributed by atoms with Crippen molar-refractivity contribution in [2.75, 3.05) is 12.4 Å². The number of ether oxygens (including phenoxy) is 1. The number of aromatic nitrogens is 3. The summed E-state index contributed by atoms with van der Waals surface area (Å²) in [4.78, 5) is 28.9. The van der Waals surface area contributed by atoms with Gasteiger partial charge in [0.05, 0.1) is 12.1 Å².